The number of nitrogens with one attached hydrogen (secondary N) is 2. The van der Waals surface area contributed by atoms with Crippen molar-refractivity contribution in [1.29, 1.82) is 0 Å². The maximum Gasteiger partial charge on any atom is 0.191 e. The Morgan fingerprint density at radius 3 is 2.59 bits per heavy atom. The molecule has 2 aromatic rings. The molecular weight excluding hydrogens is 453 g/mol. The van der Waals surface area contributed by atoms with Crippen molar-refractivity contribution in [3.8, 4) is 5.75 Å². The number of benzene rings is 1. The Balaban J connectivity index is 0.00000364. The highest BCUT2D eigenvalue weighted by molar-refractivity contribution is 14.0. The van der Waals surface area contributed by atoms with Crippen LogP contribution in [0.3, 0.4) is 0 Å². The Labute approximate surface area is 179 Å². The monoisotopic (exact) mass is 485 g/mol. The first-order chi connectivity index (χ1) is 12.4. The Morgan fingerprint density at radius 1 is 1.26 bits per heavy atom. The predicted octanol–water partition coefficient (Wildman–Crippen LogP) is 3.14. The van der Waals surface area contributed by atoms with Crippen molar-refractivity contribution in [3.05, 3.63) is 46.8 Å². The summed E-state index contributed by atoms with van der Waals surface area (Å²) in [6, 6.07) is 8.10. The number of aliphatic imine (C=N–C) groups is 1. The average Bonchev–Trinajstić information content (AvgIpc) is 2.83. The van der Waals surface area contributed by atoms with Crippen LogP contribution in [-0.2, 0) is 13.5 Å². The van der Waals surface area contributed by atoms with E-state index in [0.717, 1.165) is 30.4 Å². The Hall–Kier alpha value is -1.77. The minimum atomic E-state index is 0. The second-order valence-electron chi connectivity index (χ2n) is 6.65. The van der Waals surface area contributed by atoms with Gasteiger partial charge in [-0.1, -0.05) is 12.1 Å². The van der Waals surface area contributed by atoms with Crippen molar-refractivity contribution in [3.63, 3.8) is 0 Å². The van der Waals surface area contributed by atoms with Crippen LogP contribution >= 0.6 is 24.0 Å². The molecule has 1 aromatic heterocycles. The summed E-state index contributed by atoms with van der Waals surface area (Å²) in [6.07, 6.45) is 0.958. The molecule has 2 rings (SSSR count). The molecule has 0 saturated heterocycles. The van der Waals surface area contributed by atoms with Crippen LogP contribution in [0, 0.1) is 20.8 Å². The zero-order chi connectivity index (χ0) is 19.1. The second-order valence-corrected chi connectivity index (χ2v) is 6.65. The molecule has 1 heterocycles. The highest BCUT2D eigenvalue weighted by atomic mass is 127. The summed E-state index contributed by atoms with van der Waals surface area (Å²) in [5.74, 6) is 1.67. The lowest BCUT2D eigenvalue weighted by atomic mass is 10.1. The molecule has 0 bridgehead atoms. The van der Waals surface area contributed by atoms with E-state index in [-0.39, 0.29) is 30.1 Å². The van der Waals surface area contributed by atoms with E-state index >= 15 is 0 Å². The van der Waals surface area contributed by atoms with Gasteiger partial charge >= 0.3 is 0 Å². The fraction of sp³-hybridized carbons (Fsp3) is 0.500. The van der Waals surface area contributed by atoms with Gasteiger partial charge in [0, 0.05) is 26.3 Å². The highest BCUT2D eigenvalue weighted by Gasteiger charge is 2.10. The summed E-state index contributed by atoms with van der Waals surface area (Å²) in [5.41, 5.74) is 4.80. The zero-order valence-corrected chi connectivity index (χ0v) is 19.5. The van der Waals surface area contributed by atoms with Gasteiger partial charge in [0.05, 0.1) is 12.2 Å². The van der Waals surface area contributed by atoms with Crippen LogP contribution in [0.5, 0.6) is 5.75 Å². The van der Waals surface area contributed by atoms with Gasteiger partial charge in [-0.05, 0) is 57.4 Å². The molecule has 0 amide bonds. The van der Waals surface area contributed by atoms with Crippen LogP contribution in [0.4, 0.5) is 0 Å². The van der Waals surface area contributed by atoms with E-state index in [0.29, 0.717) is 6.54 Å². The van der Waals surface area contributed by atoms with Crippen LogP contribution in [0.25, 0.3) is 0 Å². The third-order valence-electron chi connectivity index (χ3n) is 4.43. The van der Waals surface area contributed by atoms with E-state index in [1.54, 1.807) is 7.05 Å². The van der Waals surface area contributed by atoms with Crippen molar-refractivity contribution < 1.29 is 4.74 Å². The fourth-order valence-electron chi connectivity index (χ4n) is 2.91. The van der Waals surface area contributed by atoms with Gasteiger partial charge in [-0.25, -0.2) is 0 Å². The van der Waals surface area contributed by atoms with E-state index in [9.17, 15) is 0 Å². The molecule has 0 aliphatic rings. The summed E-state index contributed by atoms with van der Waals surface area (Å²) in [6.45, 7) is 9.75. The molecule has 2 N–H and O–H groups in total. The quantitative estimate of drug-likeness (QED) is 0.360. The molecular formula is C20H32IN5O. The van der Waals surface area contributed by atoms with E-state index < -0.39 is 0 Å². The van der Waals surface area contributed by atoms with E-state index in [2.05, 4.69) is 47.6 Å². The normalized spacial score (nSPS) is 12.3. The van der Waals surface area contributed by atoms with Crippen LogP contribution in [-0.4, -0.2) is 42.0 Å². The third kappa shape index (κ3) is 7.04. The van der Waals surface area contributed by atoms with Crippen LogP contribution < -0.4 is 15.4 Å². The van der Waals surface area contributed by atoms with Crippen LogP contribution in [0.2, 0.25) is 0 Å². The number of rotatable bonds is 7. The molecule has 0 aliphatic carbocycles. The maximum absolute atomic E-state index is 5.94. The zero-order valence-electron chi connectivity index (χ0n) is 17.2. The molecule has 0 aliphatic heterocycles. The Kier molecular flexibility index (Phi) is 9.62. The van der Waals surface area contributed by atoms with Gasteiger partial charge in [0.2, 0.25) is 0 Å². The van der Waals surface area contributed by atoms with Gasteiger partial charge < -0.3 is 15.4 Å². The van der Waals surface area contributed by atoms with E-state index in [1.807, 2.05) is 36.9 Å². The van der Waals surface area contributed by atoms with Gasteiger partial charge in [-0.3, -0.25) is 9.67 Å². The second kappa shape index (κ2) is 11.2. The van der Waals surface area contributed by atoms with Crippen molar-refractivity contribution in [1.82, 2.24) is 20.4 Å². The van der Waals surface area contributed by atoms with Crippen molar-refractivity contribution in [2.45, 2.75) is 40.2 Å². The van der Waals surface area contributed by atoms with Crippen molar-refractivity contribution in [2.75, 3.05) is 20.1 Å². The molecule has 1 unspecified atom stereocenters. The van der Waals surface area contributed by atoms with Gasteiger partial charge in [-0.15, -0.1) is 24.0 Å². The summed E-state index contributed by atoms with van der Waals surface area (Å²) in [7, 11) is 3.76. The average molecular weight is 485 g/mol. The number of aromatic nitrogens is 2. The Morgan fingerprint density at radius 2 is 2.00 bits per heavy atom. The van der Waals surface area contributed by atoms with Gasteiger partial charge in [0.15, 0.2) is 5.96 Å². The van der Waals surface area contributed by atoms with Crippen molar-refractivity contribution >= 4 is 29.9 Å². The summed E-state index contributed by atoms with van der Waals surface area (Å²) in [4.78, 5) is 4.28. The fourth-order valence-corrected chi connectivity index (χ4v) is 2.91. The first-order valence-corrected chi connectivity index (χ1v) is 9.07. The highest BCUT2D eigenvalue weighted by Crippen LogP contribution is 2.14. The molecule has 0 saturated carbocycles. The van der Waals surface area contributed by atoms with Gasteiger partial charge in [0.1, 0.15) is 11.9 Å². The predicted molar refractivity (Wildman–Crippen MR) is 122 cm³/mol. The smallest absolute Gasteiger partial charge is 0.191 e. The number of hydrogen-bond donors (Lipinski definition) is 2. The first kappa shape index (κ1) is 23.3. The van der Waals surface area contributed by atoms with Gasteiger partial charge in [0.25, 0.3) is 0 Å². The first-order valence-electron chi connectivity index (χ1n) is 9.07. The SMILES string of the molecule is CN=C(NCCc1c(C)nn(C)c1C)NCC(C)Oc1cccc(C)c1.I. The summed E-state index contributed by atoms with van der Waals surface area (Å²) < 4.78 is 7.87. The molecule has 0 spiro atoms. The maximum atomic E-state index is 5.94. The topological polar surface area (TPSA) is 63.5 Å². The standard InChI is InChI=1S/C20H31N5O.HI/c1-14-8-7-9-18(12-14)26-15(2)13-23-20(21-5)22-11-10-19-16(3)24-25(6)17(19)4;/h7-9,12,15H,10-11,13H2,1-6H3,(H2,21,22,23);1H. The number of nitrogens with zero attached hydrogens (tertiary/aromatic N) is 3. The lowest BCUT2D eigenvalue weighted by Gasteiger charge is -2.18. The molecule has 150 valence electrons. The summed E-state index contributed by atoms with van der Waals surface area (Å²) in [5, 5.41) is 11.1. The molecule has 1 aromatic carbocycles. The lowest BCUT2D eigenvalue weighted by Crippen LogP contribution is -2.42. The molecule has 7 heteroatoms. The van der Waals surface area contributed by atoms with Crippen LogP contribution in [0.15, 0.2) is 29.3 Å². The largest absolute Gasteiger partial charge is 0.489 e. The minimum Gasteiger partial charge on any atom is -0.489 e. The number of hydrogen-bond acceptors (Lipinski definition) is 3. The molecule has 27 heavy (non-hydrogen) atoms. The number of guanidine groups is 1. The minimum absolute atomic E-state index is 0. The number of ether oxygens (including phenoxy) is 1. The lowest BCUT2D eigenvalue weighted by molar-refractivity contribution is 0.223. The Bertz CT molecular complexity index is 757. The third-order valence-corrected chi connectivity index (χ3v) is 4.43. The molecule has 6 nitrogen and oxygen atoms in total. The molecule has 0 radical (unpaired) electrons. The summed E-state index contributed by atoms with van der Waals surface area (Å²) >= 11 is 0. The van der Waals surface area contributed by atoms with Gasteiger partial charge in [-0.2, -0.15) is 5.10 Å². The van der Waals surface area contributed by atoms with E-state index in [4.69, 9.17) is 4.74 Å². The number of aryl methyl sites for hydroxylation is 3. The van der Waals surface area contributed by atoms with Crippen LogP contribution in [0.1, 0.15) is 29.4 Å². The van der Waals surface area contributed by atoms with E-state index in [1.165, 1.54) is 16.8 Å². The molecule has 1 atom stereocenters. The number of halogens is 1. The molecule has 0 fully saturated rings. The van der Waals surface area contributed by atoms with Crippen molar-refractivity contribution in [2.24, 2.45) is 12.0 Å².